The fourth-order valence-corrected chi connectivity index (χ4v) is 4.37. The van der Waals surface area contributed by atoms with Crippen LogP contribution in [0.5, 0.6) is 11.5 Å². The van der Waals surface area contributed by atoms with Crippen LogP contribution in [0.25, 0.3) is 0 Å². The van der Waals surface area contributed by atoms with Crippen molar-refractivity contribution in [2.24, 2.45) is 7.05 Å². The van der Waals surface area contributed by atoms with Crippen LogP contribution >= 0.6 is 23.1 Å². The normalized spacial score (nSPS) is 10.8. The second kappa shape index (κ2) is 9.80. The van der Waals surface area contributed by atoms with Crippen molar-refractivity contribution >= 4 is 34.7 Å². The van der Waals surface area contributed by atoms with Crippen molar-refractivity contribution in [1.29, 1.82) is 0 Å². The van der Waals surface area contributed by atoms with Crippen molar-refractivity contribution in [2.75, 3.05) is 11.1 Å². The number of thioether (sulfide) groups is 1. The van der Waals surface area contributed by atoms with Gasteiger partial charge in [0.25, 0.3) is 0 Å². The highest BCUT2D eigenvalue weighted by atomic mass is 32.2. The number of thiophene rings is 1. The Labute approximate surface area is 189 Å². The van der Waals surface area contributed by atoms with Gasteiger partial charge in [0.2, 0.25) is 5.91 Å². The third-order valence-corrected chi connectivity index (χ3v) is 6.43. The summed E-state index contributed by atoms with van der Waals surface area (Å²) in [7, 11) is 1.93. The second-order valence-corrected chi connectivity index (χ2v) is 8.97. The quantitative estimate of drug-likeness (QED) is 0.369. The van der Waals surface area contributed by atoms with E-state index in [9.17, 15) is 4.79 Å². The topological polar surface area (TPSA) is 69.0 Å². The zero-order valence-electron chi connectivity index (χ0n) is 17.2. The van der Waals surface area contributed by atoms with Crippen LogP contribution in [0.3, 0.4) is 0 Å². The van der Waals surface area contributed by atoms with E-state index in [-0.39, 0.29) is 11.7 Å². The molecule has 0 aliphatic heterocycles. The number of carbonyl (C=O) groups is 1. The molecular weight excluding hydrogens is 428 g/mol. The fraction of sp³-hybridized carbons (Fsp3) is 0.174. The number of amides is 1. The van der Waals surface area contributed by atoms with Gasteiger partial charge in [-0.1, -0.05) is 30.0 Å². The standard InChI is InChI=1S/C23H22N4O2S2/c1-16-5-3-6-19(13-16)29-18-10-8-17(9-11-18)24-22(28)15-31-23-26-25-21(27(23)2)14-20-7-4-12-30-20/h3-13H,14-15H2,1-2H3,(H,24,28). The minimum absolute atomic E-state index is 0.0971. The molecular formula is C23H22N4O2S2. The maximum atomic E-state index is 12.4. The molecule has 31 heavy (non-hydrogen) atoms. The van der Waals surface area contributed by atoms with Gasteiger partial charge in [0.15, 0.2) is 5.16 Å². The average molecular weight is 451 g/mol. The van der Waals surface area contributed by atoms with Crippen LogP contribution in [0, 0.1) is 6.92 Å². The van der Waals surface area contributed by atoms with E-state index in [1.54, 1.807) is 11.3 Å². The predicted octanol–water partition coefficient (Wildman–Crippen LogP) is 5.30. The summed E-state index contributed by atoms with van der Waals surface area (Å²) in [5, 5.41) is 14.2. The van der Waals surface area contributed by atoms with E-state index in [0.717, 1.165) is 40.2 Å². The van der Waals surface area contributed by atoms with Crippen molar-refractivity contribution < 1.29 is 9.53 Å². The molecule has 0 aliphatic carbocycles. The van der Waals surface area contributed by atoms with Crippen molar-refractivity contribution in [3.8, 4) is 11.5 Å². The molecule has 2 aromatic carbocycles. The lowest BCUT2D eigenvalue weighted by atomic mass is 10.2. The first-order chi connectivity index (χ1) is 15.1. The van der Waals surface area contributed by atoms with Crippen molar-refractivity contribution in [2.45, 2.75) is 18.5 Å². The molecule has 0 aliphatic rings. The number of aromatic nitrogens is 3. The van der Waals surface area contributed by atoms with E-state index in [0.29, 0.717) is 0 Å². The third kappa shape index (κ3) is 5.74. The molecule has 6 nitrogen and oxygen atoms in total. The zero-order valence-corrected chi connectivity index (χ0v) is 18.9. The Kier molecular flexibility index (Phi) is 6.69. The first kappa shape index (κ1) is 21.1. The fourth-order valence-electron chi connectivity index (χ4n) is 2.94. The molecule has 4 aromatic rings. The van der Waals surface area contributed by atoms with E-state index in [1.165, 1.54) is 16.6 Å². The molecule has 4 rings (SSSR count). The summed E-state index contributed by atoms with van der Waals surface area (Å²) in [6.07, 6.45) is 0.741. The lowest BCUT2D eigenvalue weighted by Gasteiger charge is -2.08. The van der Waals surface area contributed by atoms with Gasteiger partial charge in [0, 0.05) is 24.0 Å². The Morgan fingerprint density at radius 3 is 2.68 bits per heavy atom. The molecule has 0 saturated carbocycles. The van der Waals surface area contributed by atoms with Gasteiger partial charge in [-0.2, -0.15) is 0 Å². The van der Waals surface area contributed by atoms with Crippen LogP contribution < -0.4 is 10.1 Å². The van der Waals surface area contributed by atoms with Gasteiger partial charge >= 0.3 is 0 Å². The average Bonchev–Trinajstić information content (AvgIpc) is 3.39. The Hall–Kier alpha value is -3.10. The summed E-state index contributed by atoms with van der Waals surface area (Å²) in [6, 6.07) is 19.3. The number of benzene rings is 2. The summed E-state index contributed by atoms with van der Waals surface area (Å²) in [5.74, 6) is 2.55. The maximum Gasteiger partial charge on any atom is 0.234 e. The molecule has 0 atom stereocenters. The highest BCUT2D eigenvalue weighted by Crippen LogP contribution is 2.24. The molecule has 2 heterocycles. The molecule has 158 valence electrons. The molecule has 0 unspecified atom stereocenters. The van der Waals surface area contributed by atoms with Gasteiger partial charge in [-0.3, -0.25) is 4.79 Å². The van der Waals surface area contributed by atoms with E-state index < -0.39 is 0 Å². The lowest BCUT2D eigenvalue weighted by molar-refractivity contribution is -0.113. The Morgan fingerprint density at radius 1 is 1.10 bits per heavy atom. The number of nitrogens with one attached hydrogen (secondary N) is 1. The van der Waals surface area contributed by atoms with Crippen molar-refractivity contribution in [1.82, 2.24) is 14.8 Å². The number of ether oxygens (including phenoxy) is 1. The number of nitrogens with zero attached hydrogens (tertiary/aromatic N) is 3. The van der Waals surface area contributed by atoms with Gasteiger partial charge in [-0.05, 0) is 60.3 Å². The molecule has 0 radical (unpaired) electrons. The molecule has 0 saturated heterocycles. The largest absolute Gasteiger partial charge is 0.457 e. The van der Waals surface area contributed by atoms with E-state index >= 15 is 0 Å². The number of rotatable bonds is 8. The molecule has 0 spiro atoms. The Morgan fingerprint density at radius 2 is 1.94 bits per heavy atom. The van der Waals surface area contributed by atoms with Crippen LogP contribution in [-0.2, 0) is 18.3 Å². The predicted molar refractivity (Wildman–Crippen MR) is 125 cm³/mol. The number of aryl methyl sites for hydroxylation is 1. The third-order valence-electron chi connectivity index (χ3n) is 4.53. The summed E-state index contributed by atoms with van der Waals surface area (Å²) in [4.78, 5) is 13.6. The summed E-state index contributed by atoms with van der Waals surface area (Å²) in [6.45, 7) is 2.02. The highest BCUT2D eigenvalue weighted by molar-refractivity contribution is 7.99. The van der Waals surface area contributed by atoms with Gasteiger partial charge in [-0.25, -0.2) is 0 Å². The number of hydrogen-bond donors (Lipinski definition) is 1. The van der Waals surface area contributed by atoms with Crippen LogP contribution in [0.15, 0.2) is 71.2 Å². The first-order valence-corrected chi connectivity index (χ1v) is 11.6. The Bertz CT molecular complexity index is 1150. The van der Waals surface area contributed by atoms with Gasteiger partial charge in [-0.15, -0.1) is 21.5 Å². The van der Waals surface area contributed by atoms with Crippen LogP contribution in [-0.4, -0.2) is 26.4 Å². The number of hydrogen-bond acceptors (Lipinski definition) is 6. The van der Waals surface area contributed by atoms with E-state index in [4.69, 9.17) is 4.74 Å². The van der Waals surface area contributed by atoms with Gasteiger partial charge < -0.3 is 14.6 Å². The Balaban J connectivity index is 1.28. The minimum atomic E-state index is -0.0971. The van der Waals surface area contributed by atoms with E-state index in [2.05, 4.69) is 21.6 Å². The van der Waals surface area contributed by atoms with Crippen LogP contribution in [0.2, 0.25) is 0 Å². The molecule has 0 bridgehead atoms. The van der Waals surface area contributed by atoms with Crippen LogP contribution in [0.1, 0.15) is 16.3 Å². The zero-order chi connectivity index (χ0) is 21.6. The van der Waals surface area contributed by atoms with Crippen LogP contribution in [0.4, 0.5) is 5.69 Å². The molecule has 0 fully saturated rings. The second-order valence-electron chi connectivity index (χ2n) is 6.99. The highest BCUT2D eigenvalue weighted by Gasteiger charge is 2.12. The summed E-state index contributed by atoms with van der Waals surface area (Å²) >= 11 is 3.07. The first-order valence-electron chi connectivity index (χ1n) is 9.75. The molecule has 1 amide bonds. The maximum absolute atomic E-state index is 12.4. The van der Waals surface area contributed by atoms with E-state index in [1.807, 2.05) is 78.5 Å². The lowest BCUT2D eigenvalue weighted by Crippen LogP contribution is -2.14. The van der Waals surface area contributed by atoms with Crippen molar-refractivity contribution in [3.05, 3.63) is 82.3 Å². The number of anilines is 1. The monoisotopic (exact) mass is 450 g/mol. The number of carbonyl (C=O) groups excluding carboxylic acids is 1. The minimum Gasteiger partial charge on any atom is -0.457 e. The van der Waals surface area contributed by atoms with Gasteiger partial charge in [0.05, 0.1) is 5.75 Å². The van der Waals surface area contributed by atoms with Gasteiger partial charge in [0.1, 0.15) is 17.3 Å². The molecule has 1 N–H and O–H groups in total. The molecule has 2 aromatic heterocycles. The van der Waals surface area contributed by atoms with Crippen molar-refractivity contribution in [3.63, 3.8) is 0 Å². The smallest absolute Gasteiger partial charge is 0.234 e. The summed E-state index contributed by atoms with van der Waals surface area (Å²) < 4.78 is 7.78. The SMILES string of the molecule is Cc1cccc(Oc2ccc(NC(=O)CSc3nnc(Cc4cccs4)n3C)cc2)c1. The summed E-state index contributed by atoms with van der Waals surface area (Å²) in [5.41, 5.74) is 1.86. The molecule has 8 heteroatoms.